The zero-order valence-electron chi connectivity index (χ0n) is 40.6. The Morgan fingerprint density at radius 3 is 1.86 bits per heavy atom. The Bertz CT molecular complexity index is 1970. The molecular weight excluding hydrogens is 949 g/mol. The van der Waals surface area contributed by atoms with E-state index in [0.29, 0.717) is 0 Å². The normalized spacial score (nSPS) is 32.0. The van der Waals surface area contributed by atoms with Gasteiger partial charge in [0.1, 0.15) is 91.4 Å². The molecule has 4 rings (SSSR count). The van der Waals surface area contributed by atoms with Gasteiger partial charge in [0, 0.05) is 23.8 Å². The maximum absolute atomic E-state index is 13.6. The number of ether oxygens (including phenoxy) is 7. The third kappa shape index (κ3) is 17.6. The van der Waals surface area contributed by atoms with Gasteiger partial charge in [0.25, 0.3) is 0 Å². The minimum atomic E-state index is -2.09. The number of phenols is 2. The van der Waals surface area contributed by atoms with Crippen molar-refractivity contribution in [2.45, 2.75) is 176 Å². The molecule has 3 saturated heterocycles. The second-order valence-electron chi connectivity index (χ2n) is 17.6. The number of aromatic hydroxyl groups is 2. The Labute approximate surface area is 418 Å². The lowest BCUT2D eigenvalue weighted by Crippen LogP contribution is -2.66. The van der Waals surface area contributed by atoms with Crippen LogP contribution in [0.3, 0.4) is 0 Å². The lowest BCUT2D eigenvalue weighted by atomic mass is 9.88. The van der Waals surface area contributed by atoms with Crippen LogP contribution >= 0.6 is 0 Å². The molecule has 3 heterocycles. The highest BCUT2D eigenvalue weighted by atomic mass is 16.8. The van der Waals surface area contributed by atoms with E-state index < -0.39 is 148 Å². The van der Waals surface area contributed by atoms with Crippen molar-refractivity contribution >= 4 is 11.9 Å². The molecule has 0 saturated carbocycles. The highest BCUT2D eigenvalue weighted by Gasteiger charge is 2.55. The van der Waals surface area contributed by atoms with Crippen molar-refractivity contribution in [3.8, 4) is 11.5 Å². The van der Waals surface area contributed by atoms with Gasteiger partial charge in [0.15, 0.2) is 18.7 Å². The van der Waals surface area contributed by atoms with E-state index in [0.717, 1.165) is 75.7 Å². The van der Waals surface area contributed by atoms with Crippen LogP contribution in [0.5, 0.6) is 11.5 Å². The number of rotatable bonds is 27. The molecule has 0 spiro atoms. The molecule has 1 aromatic carbocycles. The highest BCUT2D eigenvalue weighted by molar-refractivity contribution is 5.82. The Kier molecular flexibility index (Phi) is 26.2. The van der Waals surface area contributed by atoms with E-state index in [4.69, 9.17) is 33.2 Å². The summed E-state index contributed by atoms with van der Waals surface area (Å²) in [4.78, 5) is 26.3. The van der Waals surface area contributed by atoms with Gasteiger partial charge in [-0.15, -0.1) is 0 Å². The maximum Gasteiger partial charge on any atom is 0.331 e. The van der Waals surface area contributed by atoms with E-state index in [-0.39, 0.29) is 17.5 Å². The number of hydrogen-bond acceptors (Lipinski definition) is 21. The zero-order valence-corrected chi connectivity index (χ0v) is 40.6. The van der Waals surface area contributed by atoms with Crippen LogP contribution in [0.25, 0.3) is 0 Å². The summed E-state index contributed by atoms with van der Waals surface area (Å²) in [5.41, 5.74) is -0.392. The van der Waals surface area contributed by atoms with Crippen LogP contribution in [0, 0.1) is 0 Å². The van der Waals surface area contributed by atoms with Gasteiger partial charge in [-0.25, -0.2) is 9.59 Å². The summed E-state index contributed by atoms with van der Waals surface area (Å²) in [7, 11) is 0. The number of carbonyl (C=O) groups is 2. The molecule has 12 N–H and O–H groups in total. The van der Waals surface area contributed by atoms with Gasteiger partial charge in [-0.3, -0.25) is 0 Å². The average molecular weight is 1020 g/mol. The van der Waals surface area contributed by atoms with Crippen LogP contribution in [0.15, 0.2) is 85.0 Å². The van der Waals surface area contributed by atoms with Gasteiger partial charge in [0.2, 0.25) is 0 Å². The lowest BCUT2D eigenvalue weighted by molar-refractivity contribution is -0.383. The molecule has 404 valence electrons. The largest absolute Gasteiger partial charge is 0.508 e. The molecule has 0 bridgehead atoms. The Morgan fingerprint density at radius 2 is 1.22 bits per heavy atom. The maximum atomic E-state index is 13.6. The number of carbonyl (C=O) groups excluding carboxylic acids is 2. The highest BCUT2D eigenvalue weighted by Crippen LogP contribution is 2.43. The quantitative estimate of drug-likeness (QED) is 0.0254. The number of aliphatic hydroxyl groups excluding tert-OH is 10. The van der Waals surface area contributed by atoms with Crippen molar-refractivity contribution in [1.29, 1.82) is 0 Å². The number of phenolic OH excluding ortho intramolecular Hbond substituents is 2. The van der Waals surface area contributed by atoms with Crippen LogP contribution in [0.4, 0.5) is 0 Å². The third-order valence-electron chi connectivity index (χ3n) is 12.1. The van der Waals surface area contributed by atoms with E-state index in [1.165, 1.54) is 18.2 Å². The Morgan fingerprint density at radius 1 is 0.625 bits per heavy atom. The molecule has 3 aliphatic heterocycles. The summed E-state index contributed by atoms with van der Waals surface area (Å²) in [6.07, 6.45) is -2.13. The van der Waals surface area contributed by atoms with Crippen molar-refractivity contribution in [3.05, 3.63) is 96.2 Å². The monoisotopic (exact) mass is 1020 g/mol. The van der Waals surface area contributed by atoms with Crippen molar-refractivity contribution < 1.29 is 104 Å². The van der Waals surface area contributed by atoms with Crippen LogP contribution in [-0.4, -0.2) is 185 Å². The molecule has 0 aliphatic carbocycles. The van der Waals surface area contributed by atoms with Crippen LogP contribution < -0.4 is 0 Å². The summed E-state index contributed by atoms with van der Waals surface area (Å²) >= 11 is 0. The molecule has 21 heteroatoms. The molecule has 3 aliphatic rings. The summed E-state index contributed by atoms with van der Waals surface area (Å²) in [5.74, 6) is -3.10. The first-order valence-electron chi connectivity index (χ1n) is 24.4. The lowest BCUT2D eigenvalue weighted by Gasteiger charge is -2.49. The first kappa shape index (κ1) is 60.2. The standard InChI is InChI=1S/C51H74O21/c1-3-5-7-9-11-13-16-20-31(55)21-17-15-19-23-38(59)70-48-45(65)47(39-30(26-52)24-32(56)25-33(39)57)67-35(28-54)46(48)71-51-49(72-50-44(64)42(62)40(60)34(27-53)68-50)43(63)41(61)36(69-51)29-66-37(58)22-18-14-12-10-8-6-4-2/h11-20,22-25,31,34-36,40-57,60-65H,3-10,21,26-29H2,1-2H3/b13-11+,14-12-,17-15+,20-16+,22-18+,23-19+/t31?,34-,35-,36-,40+,41+,42+,43+,44-,45+,46-,47+,48-,49-,50+,51+/m1/s1. The van der Waals surface area contributed by atoms with Gasteiger partial charge in [0.05, 0.1) is 25.9 Å². The minimum Gasteiger partial charge on any atom is -0.508 e. The molecule has 0 amide bonds. The van der Waals surface area contributed by atoms with Crippen molar-refractivity contribution in [3.63, 3.8) is 0 Å². The molecular formula is C51H74O21. The predicted octanol–water partition coefficient (Wildman–Crippen LogP) is 1.10. The van der Waals surface area contributed by atoms with Gasteiger partial charge in [-0.2, -0.15) is 0 Å². The van der Waals surface area contributed by atoms with Gasteiger partial charge in [-0.1, -0.05) is 100 Å². The van der Waals surface area contributed by atoms with Crippen LogP contribution in [-0.2, 0) is 49.4 Å². The van der Waals surface area contributed by atoms with Crippen molar-refractivity contribution in [2.24, 2.45) is 0 Å². The van der Waals surface area contributed by atoms with Crippen molar-refractivity contribution in [2.75, 3.05) is 19.8 Å². The summed E-state index contributed by atoms with van der Waals surface area (Å²) < 4.78 is 40.8. The SMILES string of the molecule is CCCCC/C=C\C=C\C(=O)OC[C@H]1O[C@@H](O[C@H]2[C@H](OC(=O)/C=C/C=C/CC(O)/C=C/C=C/CCCCC)[C@@H](O)[C@H](c3c(O)cc(O)cc3CO)O[C@@H]2CO)[C@H](O[C@@H]2O[C@H](CO)[C@H](O)[C@H](O)[C@H]2O)[C@@H](O)[C@H]1O. The molecule has 16 atom stereocenters. The molecule has 0 aromatic heterocycles. The second-order valence-corrected chi connectivity index (χ2v) is 17.6. The summed E-state index contributed by atoms with van der Waals surface area (Å²) in [5, 5.41) is 129. The predicted molar refractivity (Wildman–Crippen MR) is 255 cm³/mol. The number of allylic oxidation sites excluding steroid dienone is 8. The number of unbranched alkanes of at least 4 members (excludes halogenated alkanes) is 6. The van der Waals surface area contributed by atoms with E-state index >= 15 is 0 Å². The van der Waals surface area contributed by atoms with Gasteiger partial charge >= 0.3 is 11.9 Å². The number of aliphatic hydroxyl groups is 10. The molecule has 0 radical (unpaired) electrons. The fourth-order valence-electron chi connectivity index (χ4n) is 8.13. The topological polar surface area (TPSA) is 342 Å². The number of hydrogen-bond donors (Lipinski definition) is 12. The fraction of sp³-hybridized carbons (Fsp3) is 0.608. The summed E-state index contributed by atoms with van der Waals surface area (Å²) in [6.45, 7) is 0.838. The van der Waals surface area contributed by atoms with E-state index in [2.05, 4.69) is 13.8 Å². The molecule has 1 aromatic rings. The molecule has 21 nitrogen and oxygen atoms in total. The minimum absolute atomic E-state index is 0.126. The Balaban J connectivity index is 1.66. The van der Waals surface area contributed by atoms with Crippen molar-refractivity contribution in [1.82, 2.24) is 0 Å². The molecule has 72 heavy (non-hydrogen) atoms. The number of benzene rings is 1. The molecule has 1 unspecified atom stereocenters. The number of esters is 2. The van der Waals surface area contributed by atoms with E-state index in [1.54, 1.807) is 24.3 Å². The third-order valence-corrected chi connectivity index (χ3v) is 12.1. The first-order valence-corrected chi connectivity index (χ1v) is 24.4. The summed E-state index contributed by atoms with van der Waals surface area (Å²) in [6, 6.07) is 1.97. The van der Waals surface area contributed by atoms with Crippen LogP contribution in [0.2, 0.25) is 0 Å². The molecule has 3 fully saturated rings. The zero-order chi connectivity index (χ0) is 52.7. The van der Waals surface area contributed by atoms with Gasteiger partial charge in [-0.05, 0) is 43.7 Å². The fourth-order valence-corrected chi connectivity index (χ4v) is 8.13. The van der Waals surface area contributed by atoms with Gasteiger partial charge < -0.3 is 94.4 Å². The van der Waals surface area contributed by atoms with E-state index in [9.17, 15) is 70.9 Å². The van der Waals surface area contributed by atoms with Crippen LogP contribution in [0.1, 0.15) is 88.9 Å². The Hall–Kier alpha value is -4.40. The second kappa shape index (κ2) is 31.4. The first-order chi connectivity index (χ1) is 34.6. The van der Waals surface area contributed by atoms with E-state index in [1.807, 2.05) is 18.2 Å². The smallest absolute Gasteiger partial charge is 0.331 e. The average Bonchev–Trinajstić information content (AvgIpc) is 3.36.